The van der Waals surface area contributed by atoms with Crippen molar-refractivity contribution in [3.05, 3.63) is 75.3 Å². The minimum absolute atomic E-state index is 0.126. The van der Waals surface area contributed by atoms with Crippen LogP contribution in [0.2, 0.25) is 0 Å². The first kappa shape index (κ1) is 18.7. The van der Waals surface area contributed by atoms with Crippen LogP contribution in [0.25, 0.3) is 10.9 Å². The minimum atomic E-state index is -0.950. The third-order valence-corrected chi connectivity index (χ3v) is 4.82. The Labute approximate surface area is 163 Å². The van der Waals surface area contributed by atoms with Crippen LogP contribution in [0.4, 0.5) is 20.3 Å². The van der Waals surface area contributed by atoms with Gasteiger partial charge in [0.1, 0.15) is 11.9 Å². The van der Waals surface area contributed by atoms with Crippen molar-refractivity contribution >= 4 is 22.4 Å². The van der Waals surface area contributed by atoms with E-state index in [9.17, 15) is 24.2 Å². The Hall–Kier alpha value is -3.64. The number of fused-ring (bicyclic) bond motifs is 1. The molecule has 7 nitrogen and oxygen atoms in total. The molecule has 0 radical (unpaired) electrons. The number of anilines is 1. The van der Waals surface area contributed by atoms with Crippen LogP contribution in [-0.4, -0.2) is 22.6 Å². The molecule has 0 amide bonds. The first-order chi connectivity index (χ1) is 14.0. The molecule has 146 valence electrons. The Bertz CT molecular complexity index is 1160. The molecule has 1 aliphatic heterocycles. The third kappa shape index (κ3) is 3.58. The van der Waals surface area contributed by atoms with Crippen molar-refractivity contribution in [2.75, 3.05) is 11.9 Å². The number of rotatable bonds is 4. The zero-order chi connectivity index (χ0) is 20.5. The highest BCUT2D eigenvalue weighted by molar-refractivity contribution is 5.88. The van der Waals surface area contributed by atoms with Gasteiger partial charge in [-0.15, -0.1) is 0 Å². The van der Waals surface area contributed by atoms with Gasteiger partial charge in [0.15, 0.2) is 11.6 Å². The highest BCUT2D eigenvalue weighted by atomic mass is 19.2. The van der Waals surface area contributed by atoms with Gasteiger partial charge in [0, 0.05) is 24.1 Å². The lowest BCUT2D eigenvalue weighted by atomic mass is 10.0. The molecule has 1 aromatic heterocycles. The Morgan fingerprint density at radius 1 is 1.21 bits per heavy atom. The molecular formula is C20H14F2N4O3. The molecule has 1 fully saturated rings. The standard InChI is InChI=1S/C20H14F2N4O3/c21-15-3-1-11(7-16(15)22)20-18(5-6-29-20)25-19-8-12(10-23)14-9-13(26(27)28)2-4-17(14)24-19/h1-4,7-9,18,20H,5-6H2,(H,24,25). The second kappa shape index (κ2) is 7.41. The van der Waals surface area contributed by atoms with E-state index in [1.807, 2.05) is 6.07 Å². The number of aromatic nitrogens is 1. The SMILES string of the molecule is N#Cc1cc(NC2CCOC2c2ccc(F)c(F)c2)nc2ccc([N+](=O)[O-])cc12. The zero-order valence-electron chi connectivity index (χ0n) is 14.9. The van der Waals surface area contributed by atoms with Gasteiger partial charge in [-0.1, -0.05) is 6.07 Å². The van der Waals surface area contributed by atoms with Gasteiger partial charge >= 0.3 is 0 Å². The summed E-state index contributed by atoms with van der Waals surface area (Å²) in [4.78, 5) is 14.9. The zero-order valence-corrected chi connectivity index (χ0v) is 14.9. The monoisotopic (exact) mass is 396 g/mol. The van der Waals surface area contributed by atoms with Gasteiger partial charge in [0.25, 0.3) is 5.69 Å². The largest absolute Gasteiger partial charge is 0.371 e. The number of halogens is 2. The number of pyridine rings is 1. The van der Waals surface area contributed by atoms with Crippen LogP contribution in [0.1, 0.15) is 23.7 Å². The minimum Gasteiger partial charge on any atom is -0.371 e. The Morgan fingerprint density at radius 3 is 2.76 bits per heavy atom. The van der Waals surface area contributed by atoms with Crippen molar-refractivity contribution in [1.29, 1.82) is 5.26 Å². The summed E-state index contributed by atoms with van der Waals surface area (Å²) in [5.74, 6) is -1.49. The van der Waals surface area contributed by atoms with E-state index >= 15 is 0 Å². The lowest BCUT2D eigenvalue weighted by molar-refractivity contribution is -0.384. The van der Waals surface area contributed by atoms with E-state index in [1.165, 1.54) is 30.3 Å². The number of ether oxygens (including phenoxy) is 1. The first-order valence-corrected chi connectivity index (χ1v) is 8.78. The maximum atomic E-state index is 13.6. The maximum Gasteiger partial charge on any atom is 0.270 e. The summed E-state index contributed by atoms with van der Waals surface area (Å²) in [5, 5.41) is 24.0. The number of hydrogen-bond donors (Lipinski definition) is 1. The molecule has 1 saturated heterocycles. The topological polar surface area (TPSA) is 101 Å². The fraction of sp³-hybridized carbons (Fsp3) is 0.200. The van der Waals surface area contributed by atoms with Gasteiger partial charge in [-0.2, -0.15) is 5.26 Å². The molecule has 9 heteroatoms. The van der Waals surface area contributed by atoms with Gasteiger partial charge in [-0.3, -0.25) is 10.1 Å². The van der Waals surface area contributed by atoms with Crippen LogP contribution in [0.15, 0.2) is 42.5 Å². The molecule has 2 unspecified atom stereocenters. The molecule has 4 rings (SSSR count). The lowest BCUT2D eigenvalue weighted by Gasteiger charge is -2.21. The molecule has 2 aromatic carbocycles. The number of nitriles is 1. The second-order valence-electron chi connectivity index (χ2n) is 6.63. The van der Waals surface area contributed by atoms with Crippen molar-refractivity contribution in [3.63, 3.8) is 0 Å². The lowest BCUT2D eigenvalue weighted by Crippen LogP contribution is -2.24. The number of nitro groups is 1. The molecule has 2 atom stereocenters. The second-order valence-corrected chi connectivity index (χ2v) is 6.63. The van der Waals surface area contributed by atoms with E-state index in [-0.39, 0.29) is 17.3 Å². The molecule has 3 aromatic rings. The number of nitrogens with one attached hydrogen (secondary N) is 1. The average Bonchev–Trinajstić information content (AvgIpc) is 3.17. The fourth-order valence-corrected chi connectivity index (χ4v) is 3.44. The normalized spacial score (nSPS) is 18.5. The number of nitro benzene ring substituents is 1. The van der Waals surface area contributed by atoms with Gasteiger partial charge in [-0.05, 0) is 36.2 Å². The van der Waals surface area contributed by atoms with Crippen LogP contribution in [0.5, 0.6) is 0 Å². The number of nitrogens with zero attached hydrogens (tertiary/aromatic N) is 3. The van der Waals surface area contributed by atoms with Gasteiger partial charge in [0.2, 0.25) is 0 Å². The Kier molecular flexibility index (Phi) is 4.78. The molecular weight excluding hydrogens is 382 g/mol. The molecule has 0 bridgehead atoms. The number of hydrogen-bond acceptors (Lipinski definition) is 6. The van der Waals surface area contributed by atoms with Gasteiger partial charge in [-0.25, -0.2) is 13.8 Å². The molecule has 0 aliphatic carbocycles. The van der Waals surface area contributed by atoms with Crippen LogP contribution >= 0.6 is 0 Å². The van der Waals surface area contributed by atoms with Crippen molar-refractivity contribution in [3.8, 4) is 6.07 Å². The summed E-state index contributed by atoms with van der Waals surface area (Å²) >= 11 is 0. The van der Waals surface area contributed by atoms with Crippen LogP contribution < -0.4 is 5.32 Å². The average molecular weight is 396 g/mol. The summed E-state index contributed by atoms with van der Waals surface area (Å²) in [7, 11) is 0. The first-order valence-electron chi connectivity index (χ1n) is 8.78. The summed E-state index contributed by atoms with van der Waals surface area (Å²) < 4.78 is 32.5. The molecule has 1 aliphatic rings. The quantitative estimate of drug-likeness (QED) is 0.523. The van der Waals surface area contributed by atoms with E-state index in [2.05, 4.69) is 10.3 Å². The highest BCUT2D eigenvalue weighted by Crippen LogP contribution is 2.33. The van der Waals surface area contributed by atoms with Crippen LogP contribution in [0.3, 0.4) is 0 Å². The van der Waals surface area contributed by atoms with E-state index < -0.39 is 22.7 Å². The van der Waals surface area contributed by atoms with Gasteiger partial charge in [0.05, 0.1) is 28.1 Å². The molecule has 1 N–H and O–H groups in total. The van der Waals surface area contributed by atoms with Crippen molar-refractivity contribution in [2.24, 2.45) is 0 Å². The Morgan fingerprint density at radius 2 is 2.03 bits per heavy atom. The predicted octanol–water partition coefficient (Wildman–Crippen LogP) is 4.23. The number of benzene rings is 2. The number of non-ortho nitro benzene ring substituents is 1. The van der Waals surface area contributed by atoms with Crippen LogP contribution in [-0.2, 0) is 4.74 Å². The summed E-state index contributed by atoms with van der Waals surface area (Å²) in [6.45, 7) is 0.423. The van der Waals surface area contributed by atoms with Crippen molar-refractivity contribution in [1.82, 2.24) is 4.98 Å². The molecule has 2 heterocycles. The fourth-order valence-electron chi connectivity index (χ4n) is 3.44. The van der Waals surface area contributed by atoms with E-state index in [0.717, 1.165) is 12.1 Å². The predicted molar refractivity (Wildman–Crippen MR) is 100 cm³/mol. The summed E-state index contributed by atoms with van der Waals surface area (Å²) in [6, 6.07) is 11.0. The molecule has 0 spiro atoms. The third-order valence-electron chi connectivity index (χ3n) is 4.82. The van der Waals surface area contributed by atoms with E-state index in [4.69, 9.17) is 4.74 Å². The van der Waals surface area contributed by atoms with E-state index in [0.29, 0.717) is 35.3 Å². The van der Waals surface area contributed by atoms with Crippen molar-refractivity contribution in [2.45, 2.75) is 18.6 Å². The maximum absolute atomic E-state index is 13.6. The highest BCUT2D eigenvalue weighted by Gasteiger charge is 2.30. The smallest absolute Gasteiger partial charge is 0.270 e. The van der Waals surface area contributed by atoms with E-state index in [1.54, 1.807) is 0 Å². The molecule has 29 heavy (non-hydrogen) atoms. The summed E-state index contributed by atoms with van der Waals surface area (Å²) in [5.41, 5.74) is 1.04. The Balaban J connectivity index is 1.66. The molecule has 0 saturated carbocycles. The summed E-state index contributed by atoms with van der Waals surface area (Å²) in [6.07, 6.45) is 0.0934. The van der Waals surface area contributed by atoms with Gasteiger partial charge < -0.3 is 10.1 Å². The van der Waals surface area contributed by atoms with Crippen LogP contribution in [0, 0.1) is 33.1 Å². The van der Waals surface area contributed by atoms with Crippen molar-refractivity contribution < 1.29 is 18.4 Å².